The van der Waals surface area contributed by atoms with Crippen LogP contribution in [0.4, 0.5) is 5.69 Å². The van der Waals surface area contributed by atoms with Gasteiger partial charge in [-0.15, -0.1) is 5.10 Å². The van der Waals surface area contributed by atoms with Crippen LogP contribution in [-0.4, -0.2) is 44.1 Å². The molecule has 9 heteroatoms. The van der Waals surface area contributed by atoms with Gasteiger partial charge in [0.1, 0.15) is 0 Å². The first kappa shape index (κ1) is 20.8. The van der Waals surface area contributed by atoms with Crippen LogP contribution >= 0.6 is 22.6 Å². The van der Waals surface area contributed by atoms with Gasteiger partial charge in [0.05, 0.1) is 29.2 Å². The van der Waals surface area contributed by atoms with Crippen LogP contribution < -0.4 is 14.8 Å². The minimum Gasteiger partial charge on any atom is -0.493 e. The van der Waals surface area contributed by atoms with E-state index in [9.17, 15) is 9.59 Å². The molecule has 0 bridgehead atoms. The van der Waals surface area contributed by atoms with Crippen molar-refractivity contribution in [1.82, 2.24) is 0 Å². The van der Waals surface area contributed by atoms with Crippen molar-refractivity contribution >= 4 is 52.1 Å². The normalized spacial score (nSPS) is 14.0. The second-order valence-corrected chi connectivity index (χ2v) is 6.98. The van der Waals surface area contributed by atoms with E-state index in [1.807, 2.05) is 24.3 Å². The Bertz CT molecular complexity index is 1000. The summed E-state index contributed by atoms with van der Waals surface area (Å²) in [6, 6.07) is 10.8. The number of hydrogen-bond acceptors (Lipinski definition) is 7. The lowest BCUT2D eigenvalue weighted by Crippen LogP contribution is -2.15. The molecule has 0 spiro atoms. The molecule has 1 heterocycles. The molecule has 1 amide bonds. The molecule has 0 unspecified atom stereocenters. The number of esters is 1. The maximum absolute atomic E-state index is 12.1. The molecule has 8 nitrogen and oxygen atoms in total. The number of para-hydroxylation sites is 1. The third kappa shape index (κ3) is 4.91. The minimum absolute atomic E-state index is 0.212. The predicted octanol–water partition coefficient (Wildman–Crippen LogP) is 3.02. The number of benzene rings is 2. The molecule has 150 valence electrons. The van der Waals surface area contributed by atoms with E-state index in [1.165, 1.54) is 13.3 Å². The van der Waals surface area contributed by atoms with Crippen LogP contribution in [0, 0.1) is 3.57 Å². The molecule has 2 aromatic rings. The van der Waals surface area contributed by atoms with Crippen molar-refractivity contribution in [2.24, 2.45) is 10.2 Å². The monoisotopic (exact) mass is 507 g/mol. The number of methoxy groups -OCH3 is 1. The predicted molar refractivity (Wildman–Crippen MR) is 117 cm³/mol. The van der Waals surface area contributed by atoms with Crippen LogP contribution in [0.1, 0.15) is 18.1 Å². The quantitative estimate of drug-likeness (QED) is 0.269. The first-order valence-corrected chi connectivity index (χ1v) is 9.79. The molecular weight excluding hydrogens is 489 g/mol. The van der Waals surface area contributed by atoms with Crippen molar-refractivity contribution < 1.29 is 23.8 Å². The van der Waals surface area contributed by atoms with Gasteiger partial charge in [0.15, 0.2) is 23.8 Å². The summed E-state index contributed by atoms with van der Waals surface area (Å²) in [4.78, 5) is 23.6. The fourth-order valence-corrected chi connectivity index (χ4v) is 3.42. The Kier molecular flexibility index (Phi) is 6.81. The summed E-state index contributed by atoms with van der Waals surface area (Å²) >= 11 is 2.08. The van der Waals surface area contributed by atoms with Gasteiger partial charge in [-0.2, -0.15) is 5.10 Å². The molecule has 3 rings (SSSR count). The van der Waals surface area contributed by atoms with Crippen LogP contribution in [0.15, 0.2) is 46.6 Å². The number of carbonyl (C=O) groups excluding carboxylic acids is 2. The summed E-state index contributed by atoms with van der Waals surface area (Å²) in [5, 5.41) is 10.9. The van der Waals surface area contributed by atoms with Crippen molar-refractivity contribution in [3.05, 3.63) is 51.1 Å². The van der Waals surface area contributed by atoms with Crippen LogP contribution in [0.5, 0.6) is 11.5 Å². The van der Waals surface area contributed by atoms with Crippen molar-refractivity contribution in [2.45, 2.75) is 6.92 Å². The molecule has 0 radical (unpaired) electrons. The molecule has 29 heavy (non-hydrogen) atoms. The number of nitrogens with one attached hydrogen (secondary N) is 1. The van der Waals surface area contributed by atoms with E-state index in [2.05, 4.69) is 38.1 Å². The van der Waals surface area contributed by atoms with Crippen LogP contribution in [0.25, 0.3) is 0 Å². The molecule has 0 saturated heterocycles. The molecule has 0 atom stereocenters. The Morgan fingerprint density at radius 3 is 2.83 bits per heavy atom. The lowest BCUT2D eigenvalue weighted by molar-refractivity contribution is -0.145. The summed E-state index contributed by atoms with van der Waals surface area (Å²) in [5.74, 6) is 0.133. The van der Waals surface area contributed by atoms with Gasteiger partial charge in [0, 0.05) is 5.56 Å². The SMILES string of the molecule is CCOC(=O)COc1c(I)cc(/C=N/N=C2\C(=O)Nc3ccccc32)cc1OC. The zero-order chi connectivity index (χ0) is 20.8. The van der Waals surface area contributed by atoms with Crippen molar-refractivity contribution in [3.8, 4) is 11.5 Å². The minimum atomic E-state index is -0.457. The molecule has 1 aliphatic heterocycles. The van der Waals surface area contributed by atoms with Crippen molar-refractivity contribution in [3.63, 3.8) is 0 Å². The Balaban J connectivity index is 1.79. The van der Waals surface area contributed by atoms with E-state index < -0.39 is 5.97 Å². The van der Waals surface area contributed by atoms with Gasteiger partial charge in [-0.1, -0.05) is 18.2 Å². The van der Waals surface area contributed by atoms with Crippen LogP contribution in [0.2, 0.25) is 0 Å². The number of hydrogen-bond donors (Lipinski definition) is 1. The highest BCUT2D eigenvalue weighted by Crippen LogP contribution is 2.33. The third-order valence-corrected chi connectivity index (χ3v) is 4.70. The smallest absolute Gasteiger partial charge is 0.344 e. The van der Waals surface area contributed by atoms with E-state index in [0.717, 1.165) is 3.57 Å². The maximum Gasteiger partial charge on any atom is 0.344 e. The Hall–Kier alpha value is -2.95. The number of amides is 1. The van der Waals surface area contributed by atoms with Gasteiger partial charge < -0.3 is 19.5 Å². The topological polar surface area (TPSA) is 98.6 Å². The Morgan fingerprint density at radius 1 is 1.28 bits per heavy atom. The molecule has 2 aromatic carbocycles. The highest BCUT2D eigenvalue weighted by molar-refractivity contribution is 14.1. The van der Waals surface area contributed by atoms with Gasteiger partial charge in [0.25, 0.3) is 5.91 Å². The number of nitrogens with zero attached hydrogens (tertiary/aromatic N) is 2. The lowest BCUT2D eigenvalue weighted by Gasteiger charge is -2.12. The molecule has 0 aromatic heterocycles. The Morgan fingerprint density at radius 2 is 2.07 bits per heavy atom. The second kappa shape index (κ2) is 9.50. The fourth-order valence-electron chi connectivity index (χ4n) is 2.64. The first-order chi connectivity index (χ1) is 14.0. The lowest BCUT2D eigenvalue weighted by atomic mass is 10.1. The third-order valence-electron chi connectivity index (χ3n) is 3.90. The van der Waals surface area contributed by atoms with Gasteiger partial charge in [-0.25, -0.2) is 4.79 Å². The van der Waals surface area contributed by atoms with Gasteiger partial charge in [-0.05, 0) is 53.3 Å². The van der Waals surface area contributed by atoms with Crippen molar-refractivity contribution in [2.75, 3.05) is 25.6 Å². The molecule has 0 fully saturated rings. The summed E-state index contributed by atoms with van der Waals surface area (Å²) in [6.45, 7) is 1.81. The molecule has 1 N–H and O–H groups in total. The largest absolute Gasteiger partial charge is 0.493 e. The summed E-state index contributed by atoms with van der Waals surface area (Å²) < 4.78 is 16.5. The highest BCUT2D eigenvalue weighted by Gasteiger charge is 2.25. The van der Waals surface area contributed by atoms with E-state index in [4.69, 9.17) is 14.2 Å². The average Bonchev–Trinajstić information content (AvgIpc) is 3.02. The molecule has 0 saturated carbocycles. The average molecular weight is 507 g/mol. The summed E-state index contributed by atoms with van der Waals surface area (Å²) in [7, 11) is 1.50. The number of fused-ring (bicyclic) bond motifs is 1. The zero-order valence-corrected chi connectivity index (χ0v) is 17.9. The molecular formula is C20H18IN3O5. The van der Waals surface area contributed by atoms with Crippen LogP contribution in [0.3, 0.4) is 0 Å². The van der Waals surface area contributed by atoms with Crippen molar-refractivity contribution in [1.29, 1.82) is 0 Å². The first-order valence-electron chi connectivity index (χ1n) is 8.71. The number of halogens is 1. The summed E-state index contributed by atoms with van der Waals surface area (Å²) in [5.41, 5.74) is 2.38. The summed E-state index contributed by atoms with van der Waals surface area (Å²) in [6.07, 6.45) is 1.51. The van der Waals surface area contributed by atoms with Gasteiger partial charge in [0.2, 0.25) is 0 Å². The molecule has 0 aliphatic carbocycles. The van der Waals surface area contributed by atoms with E-state index in [1.54, 1.807) is 19.1 Å². The van der Waals surface area contributed by atoms with E-state index >= 15 is 0 Å². The van der Waals surface area contributed by atoms with E-state index in [-0.39, 0.29) is 24.8 Å². The number of anilines is 1. The van der Waals surface area contributed by atoms with Crippen LogP contribution in [-0.2, 0) is 14.3 Å². The van der Waals surface area contributed by atoms with Gasteiger partial charge >= 0.3 is 5.97 Å². The number of ether oxygens (including phenoxy) is 3. The number of rotatable bonds is 7. The zero-order valence-electron chi connectivity index (χ0n) is 15.8. The highest BCUT2D eigenvalue weighted by atomic mass is 127. The standard InChI is InChI=1S/C20H18IN3O5/c1-3-28-17(25)11-29-19-14(21)8-12(9-16(19)27-2)10-22-24-18-13-6-4-5-7-15(13)23-20(18)26/h4-10H,3,11H2,1-2H3,(H,23,24,26)/b22-10+. The van der Waals surface area contributed by atoms with Gasteiger partial charge in [-0.3, -0.25) is 4.79 Å². The molecule has 1 aliphatic rings. The maximum atomic E-state index is 12.1. The van der Waals surface area contributed by atoms with E-state index in [0.29, 0.717) is 28.3 Å². The second-order valence-electron chi connectivity index (χ2n) is 5.82. The fraction of sp³-hybridized carbons (Fsp3) is 0.200. The Labute approximate surface area is 181 Å². The number of carbonyl (C=O) groups is 2.